The van der Waals surface area contributed by atoms with Crippen LogP contribution in [0.4, 0.5) is 4.79 Å². The standard InChI is InChI=1S/C48H65N3O13/c1-12-36-48(8)41(50(46(59)64-48)20-14-13-15-30-16-19-34-32(22-30)39(54)33(43(56)57)24-51(34)31-17-18-31)27(4)37(52)25(2)23-47(7,60-11)42(28(5)38(53)29(6)44(58)62-36)63-45-40(55)35(49(9)10)21-26(3)61-45/h16,19,22,24-29,31,35-36,40-42,45,55H,12,14,17-18,20-21,23H2,1-11H3,(H,56,57)/t25-,26-,27+,28+,29-,35+,36-,40-,41-,42-,45+,47-,48-/m1/s1. The van der Waals surface area contributed by atoms with E-state index in [1.54, 1.807) is 59.7 Å². The minimum atomic E-state index is -1.52. The molecular formula is C48H65N3O13. The third-order valence-corrected chi connectivity index (χ3v) is 14.1. The quantitative estimate of drug-likeness (QED) is 0.194. The average molecular weight is 892 g/mol. The van der Waals surface area contributed by atoms with Crippen molar-refractivity contribution < 1.29 is 57.9 Å². The van der Waals surface area contributed by atoms with Crippen molar-refractivity contribution in [3.8, 4) is 11.8 Å². The zero-order valence-corrected chi connectivity index (χ0v) is 38.9. The zero-order chi connectivity index (χ0) is 47.2. The fourth-order valence-electron chi connectivity index (χ4n) is 10.3. The highest BCUT2D eigenvalue weighted by atomic mass is 16.7. The number of carbonyl (C=O) groups is 5. The van der Waals surface area contributed by atoms with E-state index in [4.69, 9.17) is 23.7 Å². The van der Waals surface area contributed by atoms with Crippen molar-refractivity contribution in [2.24, 2.45) is 23.7 Å². The third kappa shape index (κ3) is 9.37. The number of benzene rings is 1. The van der Waals surface area contributed by atoms with Crippen molar-refractivity contribution in [3.63, 3.8) is 0 Å². The first-order chi connectivity index (χ1) is 30.1. The van der Waals surface area contributed by atoms with Crippen LogP contribution in [0.5, 0.6) is 0 Å². The van der Waals surface area contributed by atoms with Crippen LogP contribution in [-0.2, 0) is 38.1 Å². The minimum absolute atomic E-state index is 0.0296. The Morgan fingerprint density at radius 2 is 1.70 bits per heavy atom. The normalized spacial score (nSPS) is 35.3. The molecule has 3 saturated heterocycles. The van der Waals surface area contributed by atoms with E-state index in [-0.39, 0.29) is 60.7 Å². The van der Waals surface area contributed by atoms with Crippen LogP contribution < -0.4 is 5.43 Å². The molecule has 1 aromatic carbocycles. The van der Waals surface area contributed by atoms with Crippen molar-refractivity contribution in [2.45, 2.75) is 154 Å². The van der Waals surface area contributed by atoms with E-state index in [0.29, 0.717) is 17.5 Å². The Balaban J connectivity index is 1.32. The number of aromatic nitrogens is 1. The van der Waals surface area contributed by atoms with E-state index in [1.165, 1.54) is 25.1 Å². The van der Waals surface area contributed by atoms with Gasteiger partial charge in [0.2, 0.25) is 5.43 Å². The molecule has 1 saturated carbocycles. The van der Waals surface area contributed by atoms with E-state index in [2.05, 4.69) is 11.8 Å². The van der Waals surface area contributed by atoms with Gasteiger partial charge in [-0.15, -0.1) is 0 Å². The number of aliphatic hydroxyl groups is 1. The van der Waals surface area contributed by atoms with E-state index < -0.39 is 94.8 Å². The Kier molecular flexibility index (Phi) is 14.5. The number of likely N-dealkylation sites (N-methyl/N-ethyl adjacent to an activating group) is 1. The molecule has 16 nitrogen and oxygen atoms in total. The van der Waals surface area contributed by atoms with E-state index in [1.807, 2.05) is 30.5 Å². The van der Waals surface area contributed by atoms with Gasteiger partial charge >= 0.3 is 18.0 Å². The Morgan fingerprint density at radius 1 is 1.02 bits per heavy atom. The Labute approximate surface area is 374 Å². The summed E-state index contributed by atoms with van der Waals surface area (Å²) in [6, 6.07) is 3.98. The number of methoxy groups -OCH3 is 1. The van der Waals surface area contributed by atoms with Gasteiger partial charge in [-0.2, -0.15) is 0 Å². The summed E-state index contributed by atoms with van der Waals surface area (Å²) in [6.45, 7) is 13.6. The number of esters is 1. The van der Waals surface area contributed by atoms with E-state index in [0.717, 1.165) is 12.8 Å². The predicted molar refractivity (Wildman–Crippen MR) is 234 cm³/mol. The lowest BCUT2D eigenvalue weighted by atomic mass is 9.73. The maximum Gasteiger partial charge on any atom is 0.410 e. The number of carbonyl (C=O) groups excluding carboxylic acids is 4. The van der Waals surface area contributed by atoms with Crippen LogP contribution >= 0.6 is 0 Å². The summed E-state index contributed by atoms with van der Waals surface area (Å²) in [6.07, 6.45) is -1.30. The summed E-state index contributed by atoms with van der Waals surface area (Å²) in [5.41, 5.74) is -2.65. The highest BCUT2D eigenvalue weighted by Gasteiger charge is 2.60. The lowest BCUT2D eigenvalue weighted by Crippen LogP contribution is -2.60. The second-order valence-electron chi connectivity index (χ2n) is 19.0. The summed E-state index contributed by atoms with van der Waals surface area (Å²) in [5.74, 6) is -0.625. The molecule has 13 atom stereocenters. The third-order valence-electron chi connectivity index (χ3n) is 14.1. The number of cyclic esters (lactones) is 1. The van der Waals surface area contributed by atoms with Crippen LogP contribution in [0.25, 0.3) is 10.9 Å². The molecule has 64 heavy (non-hydrogen) atoms. The summed E-state index contributed by atoms with van der Waals surface area (Å²) in [7, 11) is 5.16. The van der Waals surface area contributed by atoms with Crippen molar-refractivity contribution in [3.05, 3.63) is 45.7 Å². The smallest absolute Gasteiger partial charge is 0.410 e. The number of aliphatic hydroxyl groups excluding tert-OH is 1. The molecule has 0 spiro atoms. The van der Waals surface area contributed by atoms with Gasteiger partial charge in [0.05, 0.1) is 29.4 Å². The number of aromatic carboxylic acids is 1. The second-order valence-corrected chi connectivity index (χ2v) is 19.0. The van der Waals surface area contributed by atoms with Crippen LogP contribution in [0.15, 0.2) is 29.2 Å². The van der Waals surface area contributed by atoms with E-state index in [9.17, 15) is 39.0 Å². The van der Waals surface area contributed by atoms with Crippen molar-refractivity contribution >= 4 is 40.5 Å². The molecule has 1 aliphatic carbocycles. The lowest BCUT2D eigenvalue weighted by Gasteiger charge is -2.47. The van der Waals surface area contributed by atoms with Gasteiger partial charge in [0.15, 0.2) is 17.7 Å². The highest BCUT2D eigenvalue weighted by molar-refractivity contribution is 6.00. The maximum absolute atomic E-state index is 14.8. The predicted octanol–water partition coefficient (Wildman–Crippen LogP) is 4.98. The number of carboxylic acid groups (broad SMARTS) is 1. The number of pyridine rings is 1. The zero-order valence-electron chi connectivity index (χ0n) is 38.9. The Morgan fingerprint density at radius 3 is 2.31 bits per heavy atom. The van der Waals surface area contributed by atoms with Gasteiger partial charge in [0, 0.05) is 67.1 Å². The topological polar surface area (TPSA) is 200 Å². The van der Waals surface area contributed by atoms with Crippen LogP contribution in [0.1, 0.15) is 116 Å². The number of fused-ring (bicyclic) bond motifs is 2. The van der Waals surface area contributed by atoms with E-state index >= 15 is 0 Å². The van der Waals surface area contributed by atoms with Gasteiger partial charge in [-0.25, -0.2) is 9.59 Å². The fraction of sp³-hybridized carbons (Fsp3) is 0.667. The number of amides is 1. The summed E-state index contributed by atoms with van der Waals surface area (Å²) >= 11 is 0. The summed E-state index contributed by atoms with van der Waals surface area (Å²) < 4.78 is 33.0. The molecule has 1 amide bonds. The van der Waals surface area contributed by atoms with Crippen molar-refractivity contribution in [2.75, 3.05) is 27.7 Å². The van der Waals surface area contributed by atoms with Gasteiger partial charge in [-0.05, 0) is 92.1 Å². The monoisotopic (exact) mass is 891 g/mol. The van der Waals surface area contributed by atoms with Crippen molar-refractivity contribution in [1.82, 2.24) is 14.4 Å². The highest BCUT2D eigenvalue weighted by Crippen LogP contribution is 2.43. The number of ether oxygens (including phenoxy) is 5. The molecule has 1 aromatic heterocycles. The Hall–Kier alpha value is -4.66. The molecule has 6 rings (SSSR count). The lowest BCUT2D eigenvalue weighted by molar-refractivity contribution is -0.295. The number of rotatable bonds is 9. The first-order valence-electron chi connectivity index (χ1n) is 22.5. The van der Waals surface area contributed by atoms with Gasteiger partial charge in [-0.1, -0.05) is 39.5 Å². The van der Waals surface area contributed by atoms with Gasteiger partial charge in [0.1, 0.15) is 29.5 Å². The molecule has 2 aromatic rings. The first-order valence-corrected chi connectivity index (χ1v) is 22.5. The minimum Gasteiger partial charge on any atom is -0.477 e. The molecule has 4 heterocycles. The molecule has 350 valence electrons. The molecule has 0 unspecified atom stereocenters. The van der Waals surface area contributed by atoms with Gasteiger partial charge in [0.25, 0.3) is 0 Å². The molecule has 4 aliphatic rings. The van der Waals surface area contributed by atoms with Crippen LogP contribution in [-0.4, -0.2) is 136 Å². The van der Waals surface area contributed by atoms with Crippen LogP contribution in [0, 0.1) is 35.5 Å². The van der Waals surface area contributed by atoms with Crippen LogP contribution in [0.2, 0.25) is 0 Å². The molecule has 0 bridgehead atoms. The molecule has 2 N–H and O–H groups in total. The first kappa shape index (κ1) is 48.8. The van der Waals surface area contributed by atoms with Crippen LogP contribution in [0.3, 0.4) is 0 Å². The number of hydrogen-bond acceptors (Lipinski definition) is 13. The molecular weight excluding hydrogens is 827 g/mol. The number of hydrogen-bond donors (Lipinski definition) is 2. The second kappa shape index (κ2) is 19.1. The molecule has 4 fully saturated rings. The van der Waals surface area contributed by atoms with Gasteiger partial charge < -0.3 is 43.4 Å². The average Bonchev–Trinajstić information content (AvgIpc) is 4.06. The number of nitrogens with zero attached hydrogens (tertiary/aromatic N) is 3. The molecule has 3 aliphatic heterocycles. The number of Topliss-reactive ketones (excluding diaryl/α,β-unsaturated/α-hetero) is 2. The Bertz CT molecular complexity index is 2260. The number of carboxylic acids is 1. The van der Waals surface area contributed by atoms with Gasteiger partial charge in [-0.3, -0.25) is 24.1 Å². The maximum atomic E-state index is 14.8. The number of ketones is 2. The summed E-state index contributed by atoms with van der Waals surface area (Å²) in [4.78, 5) is 85.6. The SMILES string of the molecule is CC[C@H]1OC(=O)[C@H](C)C(=O)[C@H](C)[C@@H](O[C@@H]2O[C@H](C)C[C@H](N(C)C)[C@H]2O)[C@](C)(OC)C[C@@H](C)C(=O)[C@H](C)[C@H]2N(CCC#Cc3ccc4c(c3)c(=O)c(C(=O)O)cn4C3CC3)C(=O)O[C@]12C. The fourth-order valence-corrected chi connectivity index (χ4v) is 10.3. The summed E-state index contributed by atoms with van der Waals surface area (Å²) in [5, 5.41) is 21.4. The molecule has 0 radical (unpaired) electrons. The molecule has 16 heteroatoms. The largest absolute Gasteiger partial charge is 0.477 e. The van der Waals surface area contributed by atoms with Crippen molar-refractivity contribution in [1.29, 1.82) is 0 Å².